The molecule has 2 aliphatic heterocycles. The number of amides is 1. The van der Waals surface area contributed by atoms with E-state index < -0.39 is 0 Å². The average molecular weight is 349 g/mol. The van der Waals surface area contributed by atoms with Gasteiger partial charge in [0.2, 0.25) is 0 Å². The Balaban J connectivity index is 1.49. The van der Waals surface area contributed by atoms with Crippen LogP contribution in [0.1, 0.15) is 42.6 Å². The Kier molecular flexibility index (Phi) is 4.69. The molecule has 2 aliphatic rings. The molecule has 0 radical (unpaired) electrons. The van der Waals surface area contributed by atoms with Crippen molar-refractivity contribution < 1.29 is 9.53 Å². The van der Waals surface area contributed by atoms with Gasteiger partial charge in [-0.25, -0.2) is 14.8 Å². The predicted molar refractivity (Wildman–Crippen MR) is 99.3 cm³/mol. The summed E-state index contributed by atoms with van der Waals surface area (Å²) < 4.78 is 5.59. The molecule has 26 heavy (non-hydrogen) atoms. The van der Waals surface area contributed by atoms with Crippen molar-refractivity contribution in [2.24, 2.45) is 0 Å². The zero-order valence-electron chi connectivity index (χ0n) is 15.0. The summed E-state index contributed by atoms with van der Waals surface area (Å²) in [6.45, 7) is 2.20. The maximum Gasteiger partial charge on any atom is 0.410 e. The van der Waals surface area contributed by atoms with Crippen LogP contribution in [0.4, 0.5) is 4.79 Å². The second kappa shape index (κ2) is 7.28. The highest BCUT2D eigenvalue weighted by atomic mass is 16.6. The first-order valence-corrected chi connectivity index (χ1v) is 9.19. The largest absolute Gasteiger partial charge is 0.445 e. The van der Waals surface area contributed by atoms with Crippen LogP contribution in [-0.2, 0) is 11.3 Å². The van der Waals surface area contributed by atoms with E-state index in [1.54, 1.807) is 0 Å². The molecular weight excluding hydrogens is 326 g/mol. The smallest absolute Gasteiger partial charge is 0.410 e. The summed E-state index contributed by atoms with van der Waals surface area (Å²) in [5, 5.41) is 0. The van der Waals surface area contributed by atoms with Gasteiger partial charge in [0.05, 0.1) is 6.04 Å². The minimum Gasteiger partial charge on any atom is -0.445 e. The quantitative estimate of drug-likeness (QED) is 0.836. The molecule has 1 aromatic heterocycles. The number of ether oxygens (including phenoxy) is 1. The molecule has 1 aromatic carbocycles. The highest BCUT2D eigenvalue weighted by Gasteiger charge is 2.38. The Morgan fingerprint density at radius 1 is 1.19 bits per heavy atom. The third-order valence-corrected chi connectivity index (χ3v) is 5.20. The standard InChI is InChI=1S/C21H23N3O2/c1-15-22-12-18(13-23-15)17-10-19-8-5-9-20(11-17)24(19)21(25)26-14-16-6-3-2-4-7-16/h2-4,6-7,10,12-13,19-20H,5,8-9,11,14H2,1H3. The second-order valence-corrected chi connectivity index (χ2v) is 7.01. The summed E-state index contributed by atoms with van der Waals surface area (Å²) in [4.78, 5) is 23.3. The minimum absolute atomic E-state index is 0.0991. The van der Waals surface area contributed by atoms with E-state index in [1.165, 1.54) is 5.57 Å². The van der Waals surface area contributed by atoms with Crippen molar-refractivity contribution in [2.75, 3.05) is 0 Å². The van der Waals surface area contributed by atoms with Crippen LogP contribution < -0.4 is 0 Å². The SMILES string of the molecule is Cc1ncc(C2=CC3CCCC(C2)N3C(=O)OCc2ccccc2)cn1. The molecule has 134 valence electrons. The van der Waals surface area contributed by atoms with Crippen LogP contribution >= 0.6 is 0 Å². The summed E-state index contributed by atoms with van der Waals surface area (Å²) in [6.07, 6.45) is 9.73. The summed E-state index contributed by atoms with van der Waals surface area (Å²) in [5.41, 5.74) is 3.31. The van der Waals surface area contributed by atoms with Gasteiger partial charge in [-0.05, 0) is 43.7 Å². The van der Waals surface area contributed by atoms with Crippen LogP contribution in [0.5, 0.6) is 0 Å². The van der Waals surface area contributed by atoms with Crippen LogP contribution in [0.3, 0.4) is 0 Å². The molecule has 2 unspecified atom stereocenters. The highest BCUT2D eigenvalue weighted by molar-refractivity contribution is 5.74. The number of carbonyl (C=O) groups excluding carboxylic acids is 1. The number of hydrogen-bond donors (Lipinski definition) is 0. The number of rotatable bonds is 3. The minimum atomic E-state index is -0.209. The monoisotopic (exact) mass is 349 g/mol. The first kappa shape index (κ1) is 16.8. The van der Waals surface area contributed by atoms with Crippen LogP contribution in [0, 0.1) is 6.92 Å². The van der Waals surface area contributed by atoms with Gasteiger partial charge in [-0.2, -0.15) is 0 Å². The topological polar surface area (TPSA) is 55.3 Å². The third-order valence-electron chi connectivity index (χ3n) is 5.20. The zero-order chi connectivity index (χ0) is 17.9. The van der Waals surface area contributed by atoms with Gasteiger partial charge in [0.25, 0.3) is 0 Å². The molecule has 2 atom stereocenters. The van der Waals surface area contributed by atoms with E-state index in [0.717, 1.165) is 42.6 Å². The van der Waals surface area contributed by atoms with Crippen LogP contribution in [0.15, 0.2) is 48.8 Å². The molecule has 3 heterocycles. The van der Waals surface area contributed by atoms with Crippen molar-refractivity contribution in [1.82, 2.24) is 14.9 Å². The fourth-order valence-corrected chi connectivity index (χ4v) is 3.88. The van der Waals surface area contributed by atoms with Crippen LogP contribution in [0.2, 0.25) is 0 Å². The highest BCUT2D eigenvalue weighted by Crippen LogP contribution is 2.37. The lowest BCUT2D eigenvalue weighted by Crippen LogP contribution is -2.51. The van der Waals surface area contributed by atoms with Crippen LogP contribution in [-0.4, -0.2) is 33.0 Å². The summed E-state index contributed by atoms with van der Waals surface area (Å²) >= 11 is 0. The van der Waals surface area contributed by atoms with E-state index in [2.05, 4.69) is 16.0 Å². The van der Waals surface area contributed by atoms with Gasteiger partial charge in [0.15, 0.2) is 0 Å². The summed E-state index contributed by atoms with van der Waals surface area (Å²) in [5.74, 6) is 0.775. The fraction of sp³-hybridized carbons (Fsp3) is 0.381. The maximum atomic E-state index is 12.7. The van der Waals surface area contributed by atoms with E-state index in [9.17, 15) is 4.79 Å². The molecule has 0 N–H and O–H groups in total. The van der Waals surface area contributed by atoms with E-state index in [4.69, 9.17) is 4.74 Å². The van der Waals surface area contributed by atoms with Crippen molar-refractivity contribution in [3.05, 3.63) is 65.8 Å². The number of benzene rings is 1. The van der Waals surface area contributed by atoms with Gasteiger partial charge < -0.3 is 4.74 Å². The normalized spacial score (nSPS) is 21.9. The molecule has 0 saturated carbocycles. The third kappa shape index (κ3) is 3.47. The number of carbonyl (C=O) groups is 1. The van der Waals surface area contributed by atoms with E-state index in [0.29, 0.717) is 6.61 Å². The van der Waals surface area contributed by atoms with Crippen LogP contribution in [0.25, 0.3) is 5.57 Å². The lowest BCUT2D eigenvalue weighted by molar-refractivity contribution is 0.0510. The Bertz CT molecular complexity index is 802. The van der Waals surface area contributed by atoms with Crippen molar-refractivity contribution in [3.8, 4) is 0 Å². The Labute approximate surface area is 153 Å². The number of hydrogen-bond acceptors (Lipinski definition) is 4. The van der Waals surface area contributed by atoms with Gasteiger partial charge in [-0.3, -0.25) is 4.90 Å². The van der Waals surface area contributed by atoms with E-state index in [1.807, 2.05) is 54.5 Å². The molecule has 2 bridgehead atoms. The van der Waals surface area contributed by atoms with Gasteiger partial charge in [-0.15, -0.1) is 0 Å². The van der Waals surface area contributed by atoms with E-state index >= 15 is 0 Å². The molecule has 1 saturated heterocycles. The Morgan fingerprint density at radius 3 is 2.69 bits per heavy atom. The van der Waals surface area contributed by atoms with Gasteiger partial charge in [0, 0.05) is 24.0 Å². The molecule has 1 amide bonds. The van der Waals surface area contributed by atoms with Crippen molar-refractivity contribution >= 4 is 11.7 Å². The molecule has 0 spiro atoms. The molecule has 5 heteroatoms. The van der Waals surface area contributed by atoms with Crippen molar-refractivity contribution in [3.63, 3.8) is 0 Å². The lowest BCUT2D eigenvalue weighted by atomic mass is 9.83. The van der Waals surface area contributed by atoms with Crippen molar-refractivity contribution in [2.45, 2.75) is 51.3 Å². The molecule has 4 rings (SSSR count). The fourth-order valence-electron chi connectivity index (χ4n) is 3.88. The number of aryl methyl sites for hydroxylation is 1. The van der Waals surface area contributed by atoms with Gasteiger partial charge in [-0.1, -0.05) is 36.4 Å². The zero-order valence-corrected chi connectivity index (χ0v) is 15.0. The Morgan fingerprint density at radius 2 is 1.96 bits per heavy atom. The first-order valence-electron chi connectivity index (χ1n) is 9.19. The van der Waals surface area contributed by atoms with Crippen molar-refractivity contribution in [1.29, 1.82) is 0 Å². The predicted octanol–water partition coefficient (Wildman–Crippen LogP) is 4.13. The Hall–Kier alpha value is -2.69. The average Bonchev–Trinajstić information content (AvgIpc) is 2.66. The molecule has 1 fully saturated rings. The number of fused-ring (bicyclic) bond motifs is 2. The summed E-state index contributed by atoms with van der Waals surface area (Å²) in [7, 11) is 0. The maximum absolute atomic E-state index is 12.7. The number of nitrogens with zero attached hydrogens (tertiary/aromatic N) is 3. The first-order chi connectivity index (χ1) is 12.7. The molecule has 2 aromatic rings. The number of aromatic nitrogens is 2. The van der Waals surface area contributed by atoms with Gasteiger partial charge >= 0.3 is 6.09 Å². The van der Waals surface area contributed by atoms with Gasteiger partial charge in [0.1, 0.15) is 12.4 Å². The number of piperidine rings is 1. The lowest BCUT2D eigenvalue weighted by Gasteiger charge is -2.44. The molecule has 0 aliphatic carbocycles. The molecule has 5 nitrogen and oxygen atoms in total. The second-order valence-electron chi connectivity index (χ2n) is 7.01. The molecular formula is C21H23N3O2. The summed E-state index contributed by atoms with van der Waals surface area (Å²) in [6, 6.07) is 10.1. The van der Waals surface area contributed by atoms with E-state index in [-0.39, 0.29) is 18.2 Å².